The topological polar surface area (TPSA) is 107 Å². The van der Waals surface area contributed by atoms with E-state index >= 15 is 0 Å². The summed E-state index contributed by atoms with van der Waals surface area (Å²) in [7, 11) is 0. The van der Waals surface area contributed by atoms with Crippen LogP contribution in [0.1, 0.15) is 30.6 Å². The second-order valence-electron chi connectivity index (χ2n) is 4.38. The number of carbonyl (C=O) groups excluding carboxylic acids is 1. The van der Waals surface area contributed by atoms with Crippen molar-refractivity contribution in [2.45, 2.75) is 26.3 Å². The first-order chi connectivity index (χ1) is 8.86. The summed E-state index contributed by atoms with van der Waals surface area (Å²) < 4.78 is 0. The van der Waals surface area contributed by atoms with E-state index in [1.165, 1.54) is 12.1 Å². The van der Waals surface area contributed by atoms with E-state index in [2.05, 4.69) is 5.32 Å². The molecule has 0 saturated heterocycles. The Hall–Kier alpha value is -2.24. The fraction of sp³-hybridized carbons (Fsp3) is 0.385. The zero-order valence-electron chi connectivity index (χ0n) is 10.8. The summed E-state index contributed by atoms with van der Waals surface area (Å²) in [5, 5.41) is 30.2. The maximum absolute atomic E-state index is 11.9. The molecule has 4 N–H and O–H groups in total. The Balaban J connectivity index is 2.94. The Morgan fingerprint density at radius 2 is 1.95 bits per heavy atom. The molecule has 0 fully saturated rings. The highest BCUT2D eigenvalue weighted by molar-refractivity contribution is 5.99. The lowest BCUT2D eigenvalue weighted by Crippen LogP contribution is -2.45. The predicted octanol–water partition coefficient (Wildman–Crippen LogP) is 1.33. The van der Waals surface area contributed by atoms with Gasteiger partial charge in [0, 0.05) is 0 Å². The highest BCUT2D eigenvalue weighted by Gasteiger charge is 2.26. The van der Waals surface area contributed by atoms with Crippen LogP contribution in [0.4, 0.5) is 0 Å². The number of amides is 1. The van der Waals surface area contributed by atoms with Crippen LogP contribution < -0.4 is 5.32 Å². The average molecular weight is 267 g/mol. The molecule has 6 heteroatoms. The molecule has 0 aromatic heterocycles. The van der Waals surface area contributed by atoms with Crippen LogP contribution in [0.2, 0.25) is 0 Å². The molecule has 0 aliphatic carbocycles. The molecule has 1 aromatic carbocycles. The number of phenolic OH excluding ortho intramolecular Hbond substituents is 2. The van der Waals surface area contributed by atoms with Gasteiger partial charge >= 0.3 is 5.97 Å². The molecule has 0 aliphatic heterocycles. The molecule has 6 nitrogen and oxygen atoms in total. The van der Waals surface area contributed by atoms with Gasteiger partial charge in [0.05, 0.1) is 5.56 Å². The number of rotatable bonds is 5. The molecule has 0 heterocycles. The Kier molecular flexibility index (Phi) is 4.74. The molecule has 19 heavy (non-hydrogen) atoms. The number of benzene rings is 1. The third kappa shape index (κ3) is 3.61. The third-order valence-electron chi connectivity index (χ3n) is 2.99. The zero-order chi connectivity index (χ0) is 14.6. The molecule has 104 valence electrons. The van der Waals surface area contributed by atoms with Crippen molar-refractivity contribution in [1.82, 2.24) is 5.32 Å². The Morgan fingerprint density at radius 3 is 2.47 bits per heavy atom. The maximum atomic E-state index is 11.9. The van der Waals surface area contributed by atoms with Crippen LogP contribution >= 0.6 is 0 Å². The lowest BCUT2D eigenvalue weighted by Gasteiger charge is -2.20. The van der Waals surface area contributed by atoms with Crippen molar-refractivity contribution in [2.24, 2.45) is 5.92 Å². The molecule has 1 rings (SSSR count). The van der Waals surface area contributed by atoms with Gasteiger partial charge in [0.25, 0.3) is 5.91 Å². The maximum Gasteiger partial charge on any atom is 0.326 e. The number of carbonyl (C=O) groups is 2. The molecule has 0 spiro atoms. The summed E-state index contributed by atoms with van der Waals surface area (Å²) in [6.07, 6.45) is 0.587. The number of carboxylic acid groups (broad SMARTS) is 1. The Labute approximate surface area is 110 Å². The Morgan fingerprint density at radius 1 is 1.32 bits per heavy atom. The number of hydrogen-bond acceptors (Lipinski definition) is 4. The Bertz CT molecular complexity index is 486. The molecule has 1 aromatic rings. The van der Waals surface area contributed by atoms with E-state index in [0.717, 1.165) is 6.07 Å². The lowest BCUT2D eigenvalue weighted by molar-refractivity contribution is -0.140. The minimum Gasteiger partial charge on any atom is -0.508 e. The van der Waals surface area contributed by atoms with Gasteiger partial charge in [0.1, 0.15) is 17.5 Å². The zero-order valence-corrected chi connectivity index (χ0v) is 10.8. The number of phenols is 2. The van der Waals surface area contributed by atoms with E-state index in [1.807, 2.05) is 6.92 Å². The standard InChI is InChI=1S/C13H17NO5/c1-3-7(2)11(13(18)19)14-12(17)9-6-8(15)4-5-10(9)16/h4-7,11,15-16H,3H2,1-2H3,(H,14,17)(H,18,19)/t7?,11-/m0/s1. The fourth-order valence-electron chi connectivity index (χ4n) is 1.61. The highest BCUT2D eigenvalue weighted by Crippen LogP contribution is 2.22. The molecular weight excluding hydrogens is 250 g/mol. The molecule has 2 atom stereocenters. The van der Waals surface area contributed by atoms with Crippen molar-refractivity contribution in [3.8, 4) is 11.5 Å². The van der Waals surface area contributed by atoms with Gasteiger partial charge in [0.2, 0.25) is 0 Å². The van der Waals surface area contributed by atoms with Crippen LogP contribution in [0, 0.1) is 5.92 Å². The average Bonchev–Trinajstić information content (AvgIpc) is 2.37. The van der Waals surface area contributed by atoms with Crippen LogP contribution in [-0.2, 0) is 4.79 Å². The molecule has 0 aliphatic rings. The van der Waals surface area contributed by atoms with Gasteiger partial charge in [-0.25, -0.2) is 4.79 Å². The fourth-order valence-corrected chi connectivity index (χ4v) is 1.61. The van der Waals surface area contributed by atoms with E-state index in [1.54, 1.807) is 6.92 Å². The number of hydrogen-bond donors (Lipinski definition) is 4. The first-order valence-corrected chi connectivity index (χ1v) is 5.92. The monoisotopic (exact) mass is 267 g/mol. The van der Waals surface area contributed by atoms with E-state index in [-0.39, 0.29) is 23.0 Å². The summed E-state index contributed by atoms with van der Waals surface area (Å²) in [4.78, 5) is 23.0. The van der Waals surface area contributed by atoms with Crippen molar-refractivity contribution in [3.05, 3.63) is 23.8 Å². The molecule has 0 saturated carbocycles. The van der Waals surface area contributed by atoms with Gasteiger partial charge in [-0.1, -0.05) is 20.3 Å². The van der Waals surface area contributed by atoms with Crippen molar-refractivity contribution in [3.63, 3.8) is 0 Å². The lowest BCUT2D eigenvalue weighted by atomic mass is 9.99. The molecule has 0 radical (unpaired) electrons. The van der Waals surface area contributed by atoms with Crippen molar-refractivity contribution >= 4 is 11.9 Å². The number of carboxylic acids is 1. The summed E-state index contributed by atoms with van der Waals surface area (Å²) in [5.41, 5.74) is -0.158. The number of aliphatic carboxylic acids is 1. The quantitative estimate of drug-likeness (QED) is 0.602. The van der Waals surface area contributed by atoms with Gasteiger partial charge in [-0.15, -0.1) is 0 Å². The minimum atomic E-state index is -1.14. The van der Waals surface area contributed by atoms with Gasteiger partial charge in [0.15, 0.2) is 0 Å². The summed E-state index contributed by atoms with van der Waals surface area (Å²) in [6, 6.07) is 2.44. The van der Waals surface area contributed by atoms with Crippen molar-refractivity contribution in [1.29, 1.82) is 0 Å². The van der Waals surface area contributed by atoms with E-state index in [0.29, 0.717) is 6.42 Å². The van der Waals surface area contributed by atoms with Gasteiger partial charge in [-0.05, 0) is 24.1 Å². The highest BCUT2D eigenvalue weighted by atomic mass is 16.4. The summed E-state index contributed by atoms with van der Waals surface area (Å²) in [5.74, 6) is -2.62. The molecule has 1 unspecified atom stereocenters. The normalized spacial score (nSPS) is 13.6. The number of nitrogens with one attached hydrogen (secondary N) is 1. The van der Waals surface area contributed by atoms with Gasteiger partial charge < -0.3 is 20.6 Å². The largest absolute Gasteiger partial charge is 0.508 e. The molecule has 1 amide bonds. The van der Waals surface area contributed by atoms with Crippen LogP contribution in [0.15, 0.2) is 18.2 Å². The third-order valence-corrected chi connectivity index (χ3v) is 2.99. The van der Waals surface area contributed by atoms with E-state index < -0.39 is 17.9 Å². The SMILES string of the molecule is CCC(C)[C@H](NC(=O)c1cc(O)ccc1O)C(=O)O. The predicted molar refractivity (Wildman–Crippen MR) is 68.1 cm³/mol. The van der Waals surface area contributed by atoms with Crippen molar-refractivity contribution < 1.29 is 24.9 Å². The van der Waals surface area contributed by atoms with Crippen molar-refractivity contribution in [2.75, 3.05) is 0 Å². The van der Waals surface area contributed by atoms with Crippen LogP contribution in [0.5, 0.6) is 11.5 Å². The van der Waals surface area contributed by atoms with Gasteiger partial charge in [-0.3, -0.25) is 4.79 Å². The van der Waals surface area contributed by atoms with Crippen LogP contribution in [0.3, 0.4) is 0 Å². The second kappa shape index (κ2) is 6.08. The smallest absolute Gasteiger partial charge is 0.326 e. The van der Waals surface area contributed by atoms with Crippen LogP contribution in [0.25, 0.3) is 0 Å². The first-order valence-electron chi connectivity index (χ1n) is 5.92. The molecular formula is C13H17NO5. The summed E-state index contributed by atoms with van der Waals surface area (Å²) in [6.45, 7) is 3.53. The van der Waals surface area contributed by atoms with Crippen LogP contribution in [-0.4, -0.2) is 33.2 Å². The molecule has 0 bridgehead atoms. The second-order valence-corrected chi connectivity index (χ2v) is 4.38. The van der Waals surface area contributed by atoms with Gasteiger partial charge in [-0.2, -0.15) is 0 Å². The summed E-state index contributed by atoms with van der Waals surface area (Å²) >= 11 is 0. The number of aromatic hydroxyl groups is 2. The minimum absolute atomic E-state index is 0.158. The van der Waals surface area contributed by atoms with E-state index in [9.17, 15) is 19.8 Å². The first kappa shape index (κ1) is 14.8. The van der Waals surface area contributed by atoms with E-state index in [4.69, 9.17) is 5.11 Å².